The highest BCUT2D eigenvalue weighted by molar-refractivity contribution is 5.78. The molecule has 0 aliphatic carbocycles. The summed E-state index contributed by atoms with van der Waals surface area (Å²) in [5.41, 5.74) is 2.31. The molecule has 1 aromatic heterocycles. The average Bonchev–Trinajstić information content (AvgIpc) is 2.50. The van der Waals surface area contributed by atoms with E-state index in [0.717, 1.165) is 24.9 Å². The number of ether oxygens (including phenoxy) is 1. The van der Waals surface area contributed by atoms with E-state index in [2.05, 4.69) is 42.3 Å². The van der Waals surface area contributed by atoms with Gasteiger partial charge in [0.2, 0.25) is 0 Å². The number of fused-ring (bicyclic) bond motifs is 1. The van der Waals surface area contributed by atoms with Gasteiger partial charge in [0.15, 0.2) is 0 Å². The molecule has 2 rings (SSSR count). The van der Waals surface area contributed by atoms with Crippen LogP contribution in [0.5, 0.6) is 0 Å². The van der Waals surface area contributed by atoms with Gasteiger partial charge < -0.3 is 10.1 Å². The lowest BCUT2D eigenvalue weighted by molar-refractivity contribution is 0.106. The Kier molecular flexibility index (Phi) is 5.50. The molecule has 0 aliphatic heterocycles. The van der Waals surface area contributed by atoms with Crippen LogP contribution < -0.4 is 5.32 Å². The zero-order valence-corrected chi connectivity index (χ0v) is 12.6. The Morgan fingerprint density at radius 2 is 2.05 bits per heavy atom. The first-order chi connectivity index (χ1) is 9.74. The average molecular weight is 272 g/mol. The fourth-order valence-corrected chi connectivity index (χ4v) is 2.43. The van der Waals surface area contributed by atoms with Crippen molar-refractivity contribution in [2.45, 2.75) is 38.8 Å². The van der Waals surface area contributed by atoms with Gasteiger partial charge in [0.05, 0.1) is 11.6 Å². The van der Waals surface area contributed by atoms with E-state index >= 15 is 0 Å². The lowest BCUT2D eigenvalue weighted by atomic mass is 10.0. The summed E-state index contributed by atoms with van der Waals surface area (Å²) in [7, 11) is 1.77. The number of benzene rings is 1. The number of rotatable bonds is 7. The molecule has 1 heterocycles. The third-order valence-corrected chi connectivity index (χ3v) is 3.73. The number of hydrogen-bond donors (Lipinski definition) is 1. The number of nitrogens with zero attached hydrogens (tertiary/aromatic N) is 1. The van der Waals surface area contributed by atoms with Crippen LogP contribution in [0, 0.1) is 0 Å². The topological polar surface area (TPSA) is 34.1 Å². The Morgan fingerprint density at radius 3 is 2.80 bits per heavy atom. The lowest BCUT2D eigenvalue weighted by Gasteiger charge is -2.20. The van der Waals surface area contributed by atoms with Crippen LogP contribution in [0.4, 0.5) is 0 Å². The van der Waals surface area contributed by atoms with Crippen molar-refractivity contribution < 1.29 is 4.74 Å². The number of methoxy groups -OCH3 is 1. The SMILES string of the molecule is CCNC(CCC(C)OC)c1cnc2ccccc2c1. The molecule has 2 aromatic rings. The van der Waals surface area contributed by atoms with E-state index in [1.807, 2.05) is 18.3 Å². The van der Waals surface area contributed by atoms with Crippen molar-refractivity contribution in [1.82, 2.24) is 10.3 Å². The maximum absolute atomic E-state index is 5.34. The van der Waals surface area contributed by atoms with Crippen molar-refractivity contribution in [2.24, 2.45) is 0 Å². The van der Waals surface area contributed by atoms with Crippen LogP contribution in [-0.2, 0) is 4.74 Å². The molecule has 0 bridgehead atoms. The fraction of sp³-hybridized carbons (Fsp3) is 0.471. The van der Waals surface area contributed by atoms with Crippen molar-refractivity contribution in [3.8, 4) is 0 Å². The molecule has 108 valence electrons. The number of aromatic nitrogens is 1. The Morgan fingerprint density at radius 1 is 1.25 bits per heavy atom. The van der Waals surface area contributed by atoms with Crippen LogP contribution in [0.25, 0.3) is 10.9 Å². The van der Waals surface area contributed by atoms with Crippen molar-refractivity contribution in [1.29, 1.82) is 0 Å². The standard InChI is InChI=1S/C17H24N2O/c1-4-18-17(10-9-13(2)20-3)15-11-14-7-5-6-8-16(14)19-12-15/h5-8,11-13,17-18H,4,9-10H2,1-3H3. The Labute approximate surface area is 121 Å². The van der Waals surface area contributed by atoms with E-state index in [4.69, 9.17) is 4.74 Å². The lowest BCUT2D eigenvalue weighted by Crippen LogP contribution is -2.22. The maximum Gasteiger partial charge on any atom is 0.0702 e. The van der Waals surface area contributed by atoms with Gasteiger partial charge in [-0.15, -0.1) is 0 Å². The molecule has 0 spiro atoms. The van der Waals surface area contributed by atoms with E-state index < -0.39 is 0 Å². The fourth-order valence-electron chi connectivity index (χ4n) is 2.43. The first-order valence-electron chi connectivity index (χ1n) is 7.35. The van der Waals surface area contributed by atoms with Crippen LogP contribution in [0.15, 0.2) is 36.5 Å². The summed E-state index contributed by atoms with van der Waals surface area (Å²) in [4.78, 5) is 4.56. The first kappa shape index (κ1) is 14.9. The van der Waals surface area contributed by atoms with Crippen molar-refractivity contribution in [3.05, 3.63) is 42.1 Å². The number of hydrogen-bond acceptors (Lipinski definition) is 3. The summed E-state index contributed by atoms with van der Waals surface area (Å²) in [6, 6.07) is 10.8. The molecule has 1 N–H and O–H groups in total. The van der Waals surface area contributed by atoms with Crippen molar-refractivity contribution >= 4 is 10.9 Å². The predicted molar refractivity (Wildman–Crippen MR) is 83.9 cm³/mol. The van der Waals surface area contributed by atoms with Crippen LogP contribution in [-0.4, -0.2) is 24.7 Å². The minimum atomic E-state index is 0.296. The van der Waals surface area contributed by atoms with E-state index in [0.29, 0.717) is 12.1 Å². The Bertz CT molecular complexity index is 541. The van der Waals surface area contributed by atoms with Gasteiger partial charge in [-0.05, 0) is 44.0 Å². The monoisotopic (exact) mass is 272 g/mol. The highest BCUT2D eigenvalue weighted by atomic mass is 16.5. The van der Waals surface area contributed by atoms with Crippen LogP contribution >= 0.6 is 0 Å². The van der Waals surface area contributed by atoms with E-state index in [9.17, 15) is 0 Å². The molecule has 2 atom stereocenters. The molecule has 0 aliphatic rings. The second kappa shape index (κ2) is 7.36. The molecular formula is C17H24N2O. The first-order valence-corrected chi connectivity index (χ1v) is 7.35. The van der Waals surface area contributed by atoms with E-state index in [1.54, 1.807) is 7.11 Å². The molecule has 0 saturated heterocycles. The largest absolute Gasteiger partial charge is 0.382 e. The molecular weight excluding hydrogens is 248 g/mol. The van der Waals surface area contributed by atoms with Gasteiger partial charge in [-0.25, -0.2) is 0 Å². The molecule has 0 amide bonds. The number of nitrogens with one attached hydrogen (secondary N) is 1. The minimum Gasteiger partial charge on any atom is -0.382 e. The third-order valence-electron chi connectivity index (χ3n) is 3.73. The summed E-state index contributed by atoms with van der Waals surface area (Å²) < 4.78 is 5.34. The van der Waals surface area contributed by atoms with Crippen LogP contribution in [0.2, 0.25) is 0 Å². The van der Waals surface area contributed by atoms with Gasteiger partial charge in [-0.1, -0.05) is 25.1 Å². The second-order valence-electron chi connectivity index (χ2n) is 5.20. The zero-order chi connectivity index (χ0) is 14.4. The van der Waals surface area contributed by atoms with Gasteiger partial charge in [-0.3, -0.25) is 4.98 Å². The molecule has 0 radical (unpaired) electrons. The van der Waals surface area contributed by atoms with E-state index in [-0.39, 0.29) is 0 Å². The minimum absolute atomic E-state index is 0.296. The predicted octanol–water partition coefficient (Wildman–Crippen LogP) is 3.70. The quantitative estimate of drug-likeness (QED) is 0.834. The van der Waals surface area contributed by atoms with Gasteiger partial charge in [0, 0.05) is 24.7 Å². The van der Waals surface area contributed by atoms with E-state index in [1.165, 1.54) is 10.9 Å². The molecule has 2 unspecified atom stereocenters. The summed E-state index contributed by atoms with van der Waals surface area (Å²) in [5, 5.41) is 4.75. The van der Waals surface area contributed by atoms with Gasteiger partial charge >= 0.3 is 0 Å². The van der Waals surface area contributed by atoms with Crippen LogP contribution in [0.1, 0.15) is 38.3 Å². The molecule has 0 fully saturated rings. The molecule has 1 aromatic carbocycles. The molecule has 3 nitrogen and oxygen atoms in total. The molecule has 0 saturated carbocycles. The third kappa shape index (κ3) is 3.78. The highest BCUT2D eigenvalue weighted by Crippen LogP contribution is 2.22. The number of pyridine rings is 1. The van der Waals surface area contributed by atoms with Gasteiger partial charge in [0.25, 0.3) is 0 Å². The van der Waals surface area contributed by atoms with Gasteiger partial charge in [-0.2, -0.15) is 0 Å². The summed E-state index contributed by atoms with van der Waals surface area (Å²) in [5.74, 6) is 0. The molecule has 20 heavy (non-hydrogen) atoms. The second-order valence-corrected chi connectivity index (χ2v) is 5.20. The summed E-state index contributed by atoms with van der Waals surface area (Å²) >= 11 is 0. The summed E-state index contributed by atoms with van der Waals surface area (Å²) in [6.45, 7) is 5.21. The van der Waals surface area contributed by atoms with Crippen LogP contribution in [0.3, 0.4) is 0 Å². The van der Waals surface area contributed by atoms with Crippen molar-refractivity contribution in [3.63, 3.8) is 0 Å². The summed E-state index contributed by atoms with van der Waals surface area (Å²) in [6.07, 6.45) is 4.39. The highest BCUT2D eigenvalue weighted by Gasteiger charge is 2.13. The normalized spacial score (nSPS) is 14.3. The molecule has 3 heteroatoms. The maximum atomic E-state index is 5.34. The zero-order valence-electron chi connectivity index (χ0n) is 12.6. The number of para-hydroxylation sites is 1. The van der Waals surface area contributed by atoms with Crippen molar-refractivity contribution in [2.75, 3.05) is 13.7 Å². The Balaban J connectivity index is 2.17. The smallest absolute Gasteiger partial charge is 0.0702 e. The Hall–Kier alpha value is -1.45. The van der Waals surface area contributed by atoms with Gasteiger partial charge in [0.1, 0.15) is 0 Å².